The molecular weight excluding hydrogens is 338 g/mol. The van der Waals surface area contributed by atoms with Gasteiger partial charge in [0.1, 0.15) is 6.33 Å². The predicted molar refractivity (Wildman–Crippen MR) is 82.1 cm³/mol. The largest absolute Gasteiger partial charge is 0.306 e. The number of nitrogens with zero attached hydrogens (tertiary/aromatic N) is 3. The van der Waals surface area contributed by atoms with Crippen LogP contribution in [-0.2, 0) is 0 Å². The third-order valence-corrected chi connectivity index (χ3v) is 4.86. The van der Waals surface area contributed by atoms with Gasteiger partial charge in [0.15, 0.2) is 10.9 Å². The van der Waals surface area contributed by atoms with Crippen LogP contribution in [-0.4, -0.2) is 25.8 Å². The molecule has 0 radical (unpaired) electrons. The molecule has 0 bridgehead atoms. The lowest BCUT2D eigenvalue weighted by molar-refractivity contribution is 0.0994. The summed E-state index contributed by atoms with van der Waals surface area (Å²) in [5.74, 6) is 0.118. The first-order chi connectivity index (χ1) is 9.65. The van der Waals surface area contributed by atoms with Gasteiger partial charge in [-0.15, -0.1) is 10.2 Å². The number of halogens is 1. The van der Waals surface area contributed by atoms with Crippen molar-refractivity contribution in [3.05, 3.63) is 40.6 Å². The fourth-order valence-corrected chi connectivity index (χ4v) is 3.22. The summed E-state index contributed by atoms with van der Waals surface area (Å²) in [6.07, 6.45) is 4.12. The Labute approximate surface area is 130 Å². The van der Waals surface area contributed by atoms with Crippen LogP contribution in [0.3, 0.4) is 0 Å². The molecule has 0 amide bonds. The standard InChI is InChI=1S/C14H14BrN3OS/c1-9(13(19)10-2-4-11(15)5-3-10)20-14-17-16-8-18(14)12-6-7-12/h2-5,8-9,12H,6-7H2,1H3. The first kappa shape index (κ1) is 13.8. The molecule has 1 fully saturated rings. The quantitative estimate of drug-likeness (QED) is 0.608. The van der Waals surface area contributed by atoms with Crippen LogP contribution in [0.4, 0.5) is 0 Å². The molecule has 4 nitrogen and oxygen atoms in total. The Morgan fingerprint density at radius 2 is 2.10 bits per heavy atom. The molecule has 0 N–H and O–H groups in total. The summed E-state index contributed by atoms with van der Waals surface area (Å²) in [7, 11) is 0. The number of thioether (sulfide) groups is 1. The lowest BCUT2D eigenvalue weighted by Crippen LogP contribution is -2.14. The van der Waals surface area contributed by atoms with E-state index in [0.717, 1.165) is 15.2 Å². The SMILES string of the molecule is CC(Sc1nncn1C1CC1)C(=O)c1ccc(Br)cc1. The summed E-state index contributed by atoms with van der Waals surface area (Å²) >= 11 is 4.85. The van der Waals surface area contributed by atoms with Gasteiger partial charge in [0, 0.05) is 16.1 Å². The predicted octanol–water partition coefficient (Wildman–Crippen LogP) is 3.74. The fourth-order valence-electron chi connectivity index (χ4n) is 1.98. The van der Waals surface area contributed by atoms with E-state index in [4.69, 9.17) is 0 Å². The third-order valence-electron chi connectivity index (χ3n) is 3.26. The molecule has 1 heterocycles. The Bertz CT molecular complexity index is 622. The van der Waals surface area contributed by atoms with Gasteiger partial charge >= 0.3 is 0 Å². The van der Waals surface area contributed by atoms with Gasteiger partial charge < -0.3 is 4.57 Å². The van der Waals surface area contributed by atoms with E-state index >= 15 is 0 Å². The van der Waals surface area contributed by atoms with Gasteiger partial charge in [-0.1, -0.05) is 39.8 Å². The van der Waals surface area contributed by atoms with Crippen molar-refractivity contribution in [2.75, 3.05) is 0 Å². The summed E-state index contributed by atoms with van der Waals surface area (Å²) in [5, 5.41) is 8.75. The van der Waals surface area contributed by atoms with Gasteiger partial charge in [-0.05, 0) is 31.9 Å². The van der Waals surface area contributed by atoms with Gasteiger partial charge in [-0.2, -0.15) is 0 Å². The number of carbonyl (C=O) groups excluding carboxylic acids is 1. The highest BCUT2D eigenvalue weighted by molar-refractivity contribution is 9.10. The number of carbonyl (C=O) groups is 1. The first-order valence-electron chi connectivity index (χ1n) is 6.51. The first-order valence-corrected chi connectivity index (χ1v) is 8.18. The van der Waals surface area contributed by atoms with Crippen molar-refractivity contribution in [1.29, 1.82) is 0 Å². The lowest BCUT2D eigenvalue weighted by Gasteiger charge is -2.10. The van der Waals surface area contributed by atoms with Crippen molar-refractivity contribution < 1.29 is 4.79 Å². The van der Waals surface area contributed by atoms with Gasteiger partial charge in [0.25, 0.3) is 0 Å². The van der Waals surface area contributed by atoms with Crippen LogP contribution in [0.1, 0.15) is 36.2 Å². The Kier molecular flexibility index (Phi) is 3.94. The number of hydrogen-bond acceptors (Lipinski definition) is 4. The number of ketones is 1. The molecule has 0 saturated heterocycles. The molecule has 2 aromatic rings. The van der Waals surface area contributed by atoms with Crippen molar-refractivity contribution >= 4 is 33.5 Å². The Morgan fingerprint density at radius 1 is 1.40 bits per heavy atom. The summed E-state index contributed by atoms with van der Waals surface area (Å²) in [6, 6.07) is 7.99. The zero-order valence-electron chi connectivity index (χ0n) is 11.0. The van der Waals surface area contributed by atoms with Crippen LogP contribution in [0.2, 0.25) is 0 Å². The van der Waals surface area contributed by atoms with E-state index in [9.17, 15) is 4.79 Å². The maximum Gasteiger partial charge on any atom is 0.191 e. The molecule has 1 aliphatic rings. The van der Waals surface area contributed by atoms with Gasteiger partial charge in [-0.3, -0.25) is 4.79 Å². The number of benzene rings is 1. The maximum atomic E-state index is 12.4. The summed E-state index contributed by atoms with van der Waals surface area (Å²) in [6.45, 7) is 1.92. The third kappa shape index (κ3) is 2.96. The van der Waals surface area contributed by atoms with Crippen molar-refractivity contribution in [3.8, 4) is 0 Å². The average Bonchev–Trinajstić information content (AvgIpc) is 3.19. The molecule has 3 rings (SSSR count). The number of rotatable bonds is 5. The molecule has 1 atom stereocenters. The smallest absolute Gasteiger partial charge is 0.191 e. The highest BCUT2D eigenvalue weighted by Gasteiger charge is 2.28. The Balaban J connectivity index is 1.72. The van der Waals surface area contributed by atoms with Crippen LogP contribution < -0.4 is 0 Å². The minimum absolute atomic E-state index is 0.118. The minimum Gasteiger partial charge on any atom is -0.306 e. The van der Waals surface area contributed by atoms with E-state index in [0.29, 0.717) is 6.04 Å². The zero-order valence-corrected chi connectivity index (χ0v) is 13.4. The zero-order chi connectivity index (χ0) is 14.1. The van der Waals surface area contributed by atoms with Crippen LogP contribution >= 0.6 is 27.7 Å². The van der Waals surface area contributed by atoms with Crippen molar-refractivity contribution in [1.82, 2.24) is 14.8 Å². The maximum absolute atomic E-state index is 12.4. The van der Waals surface area contributed by atoms with E-state index in [2.05, 4.69) is 30.7 Å². The topological polar surface area (TPSA) is 47.8 Å². The highest BCUT2D eigenvalue weighted by atomic mass is 79.9. The molecular formula is C14H14BrN3OS. The van der Waals surface area contributed by atoms with Crippen LogP contribution in [0.15, 0.2) is 40.2 Å². The van der Waals surface area contributed by atoms with Crippen LogP contribution in [0, 0.1) is 0 Å². The van der Waals surface area contributed by atoms with Crippen molar-refractivity contribution in [2.45, 2.75) is 36.2 Å². The number of aromatic nitrogens is 3. The average molecular weight is 352 g/mol. The summed E-state index contributed by atoms with van der Waals surface area (Å²) in [5.41, 5.74) is 0.727. The molecule has 6 heteroatoms. The Morgan fingerprint density at radius 3 is 2.75 bits per heavy atom. The summed E-state index contributed by atoms with van der Waals surface area (Å²) < 4.78 is 3.05. The van der Waals surface area contributed by atoms with E-state index in [1.807, 2.05) is 31.2 Å². The fraction of sp³-hybridized carbons (Fsp3) is 0.357. The van der Waals surface area contributed by atoms with Gasteiger partial charge in [0.05, 0.1) is 5.25 Å². The monoisotopic (exact) mass is 351 g/mol. The molecule has 104 valence electrons. The van der Waals surface area contributed by atoms with Gasteiger partial charge in [-0.25, -0.2) is 0 Å². The molecule has 1 saturated carbocycles. The molecule has 1 aliphatic carbocycles. The van der Waals surface area contributed by atoms with Gasteiger partial charge in [0.2, 0.25) is 0 Å². The van der Waals surface area contributed by atoms with Crippen LogP contribution in [0.25, 0.3) is 0 Å². The second kappa shape index (κ2) is 5.69. The summed E-state index contributed by atoms with van der Waals surface area (Å²) in [4.78, 5) is 12.4. The number of hydrogen-bond donors (Lipinski definition) is 0. The highest BCUT2D eigenvalue weighted by Crippen LogP contribution is 2.38. The number of Topliss-reactive ketones (excluding diaryl/α,β-unsaturated/α-hetero) is 1. The van der Waals surface area contributed by atoms with Crippen molar-refractivity contribution in [2.24, 2.45) is 0 Å². The second-order valence-electron chi connectivity index (χ2n) is 4.88. The van der Waals surface area contributed by atoms with E-state index < -0.39 is 0 Å². The van der Waals surface area contributed by atoms with E-state index in [-0.39, 0.29) is 11.0 Å². The molecule has 20 heavy (non-hydrogen) atoms. The van der Waals surface area contributed by atoms with Crippen LogP contribution in [0.5, 0.6) is 0 Å². The van der Waals surface area contributed by atoms with Crippen molar-refractivity contribution in [3.63, 3.8) is 0 Å². The normalized spacial score (nSPS) is 16.1. The molecule has 1 aromatic carbocycles. The molecule has 0 aliphatic heterocycles. The second-order valence-corrected chi connectivity index (χ2v) is 7.11. The van der Waals surface area contributed by atoms with E-state index in [1.54, 1.807) is 6.33 Å². The van der Waals surface area contributed by atoms with E-state index in [1.165, 1.54) is 24.6 Å². The lowest BCUT2D eigenvalue weighted by atomic mass is 10.1. The molecule has 1 aromatic heterocycles. The molecule has 1 unspecified atom stereocenters. The molecule has 0 spiro atoms. The minimum atomic E-state index is -0.169. The Hall–Kier alpha value is -1.14.